The molecule has 0 aliphatic carbocycles. The highest BCUT2D eigenvalue weighted by atomic mass is 16.5. The number of aryl methyl sites for hydroxylation is 3. The van der Waals surface area contributed by atoms with E-state index < -0.39 is 0 Å². The SMILES string of the molecule is Cc1ccc(C)c(O[C@H](C)c2nc3c(C)cccc3[nH]2)c1. The molecule has 3 heteroatoms. The fraction of sp³-hybridized carbons (Fsp3) is 0.278. The van der Waals surface area contributed by atoms with Crippen LogP contribution in [0, 0.1) is 20.8 Å². The van der Waals surface area contributed by atoms with Gasteiger partial charge in [0, 0.05) is 0 Å². The second kappa shape index (κ2) is 5.24. The van der Waals surface area contributed by atoms with Gasteiger partial charge in [-0.3, -0.25) is 0 Å². The van der Waals surface area contributed by atoms with Gasteiger partial charge in [-0.25, -0.2) is 4.98 Å². The van der Waals surface area contributed by atoms with E-state index in [1.54, 1.807) is 0 Å². The van der Waals surface area contributed by atoms with Crippen molar-refractivity contribution in [3.63, 3.8) is 0 Å². The van der Waals surface area contributed by atoms with Gasteiger partial charge >= 0.3 is 0 Å². The van der Waals surface area contributed by atoms with Crippen LogP contribution in [-0.2, 0) is 0 Å². The highest BCUT2D eigenvalue weighted by Gasteiger charge is 2.14. The minimum absolute atomic E-state index is 0.114. The number of rotatable bonds is 3. The minimum Gasteiger partial charge on any atom is -0.483 e. The molecule has 0 spiro atoms. The van der Waals surface area contributed by atoms with E-state index in [9.17, 15) is 0 Å². The Morgan fingerprint density at radius 1 is 1.05 bits per heavy atom. The zero-order valence-corrected chi connectivity index (χ0v) is 12.9. The fourth-order valence-electron chi connectivity index (χ4n) is 2.47. The standard InChI is InChI=1S/C18H20N2O/c1-11-8-9-12(2)16(10-11)21-14(4)18-19-15-7-5-6-13(3)17(15)20-18/h5-10,14H,1-4H3,(H,19,20)/t14-/m1/s1. The van der Waals surface area contributed by atoms with Crippen molar-refractivity contribution in [2.24, 2.45) is 0 Å². The average molecular weight is 280 g/mol. The molecule has 3 aromatic rings. The first-order valence-corrected chi connectivity index (χ1v) is 7.24. The van der Waals surface area contributed by atoms with Crippen LogP contribution in [0.25, 0.3) is 11.0 Å². The first-order valence-electron chi connectivity index (χ1n) is 7.24. The highest BCUT2D eigenvalue weighted by molar-refractivity contribution is 5.78. The number of imidazole rings is 1. The van der Waals surface area contributed by atoms with Crippen molar-refractivity contribution in [3.05, 3.63) is 58.9 Å². The lowest BCUT2D eigenvalue weighted by Crippen LogP contribution is -2.06. The third-order valence-electron chi connectivity index (χ3n) is 3.77. The summed E-state index contributed by atoms with van der Waals surface area (Å²) in [7, 11) is 0. The molecule has 3 rings (SSSR count). The Morgan fingerprint density at radius 3 is 2.62 bits per heavy atom. The number of ether oxygens (including phenoxy) is 1. The third kappa shape index (κ3) is 2.64. The Bertz CT molecular complexity index is 789. The summed E-state index contributed by atoms with van der Waals surface area (Å²) >= 11 is 0. The number of nitrogens with zero attached hydrogens (tertiary/aromatic N) is 1. The molecule has 2 aromatic carbocycles. The van der Waals surface area contributed by atoms with Crippen LogP contribution in [0.1, 0.15) is 35.5 Å². The Hall–Kier alpha value is -2.29. The summed E-state index contributed by atoms with van der Waals surface area (Å²) in [4.78, 5) is 8.03. The molecular formula is C18H20N2O. The Labute approximate surface area is 125 Å². The zero-order chi connectivity index (χ0) is 15.0. The summed E-state index contributed by atoms with van der Waals surface area (Å²) in [6, 6.07) is 12.4. The molecule has 0 amide bonds. The largest absolute Gasteiger partial charge is 0.483 e. The van der Waals surface area contributed by atoms with Gasteiger partial charge in [0.1, 0.15) is 11.6 Å². The number of aromatic nitrogens is 2. The molecule has 0 bridgehead atoms. The van der Waals surface area contributed by atoms with Gasteiger partial charge in [0.25, 0.3) is 0 Å². The number of para-hydroxylation sites is 1. The summed E-state index contributed by atoms with van der Waals surface area (Å²) in [6.07, 6.45) is -0.114. The lowest BCUT2D eigenvalue weighted by molar-refractivity contribution is 0.216. The summed E-state index contributed by atoms with van der Waals surface area (Å²) in [6.45, 7) is 8.23. The summed E-state index contributed by atoms with van der Waals surface area (Å²) < 4.78 is 6.09. The van der Waals surface area contributed by atoms with Gasteiger partial charge in [0.05, 0.1) is 11.0 Å². The van der Waals surface area contributed by atoms with E-state index in [0.29, 0.717) is 0 Å². The molecular weight excluding hydrogens is 260 g/mol. The molecule has 108 valence electrons. The van der Waals surface area contributed by atoms with Gasteiger partial charge in [-0.1, -0.05) is 24.3 Å². The monoisotopic (exact) mass is 280 g/mol. The molecule has 1 atom stereocenters. The highest BCUT2D eigenvalue weighted by Crippen LogP contribution is 2.26. The smallest absolute Gasteiger partial charge is 0.153 e. The van der Waals surface area contributed by atoms with Crippen LogP contribution in [0.15, 0.2) is 36.4 Å². The van der Waals surface area contributed by atoms with Gasteiger partial charge in [0.15, 0.2) is 6.10 Å². The molecule has 1 aromatic heterocycles. The molecule has 21 heavy (non-hydrogen) atoms. The van der Waals surface area contributed by atoms with Crippen molar-refractivity contribution in [1.82, 2.24) is 9.97 Å². The topological polar surface area (TPSA) is 37.9 Å². The van der Waals surface area contributed by atoms with E-state index in [-0.39, 0.29) is 6.10 Å². The first kappa shape index (κ1) is 13.7. The van der Waals surface area contributed by atoms with Gasteiger partial charge in [-0.2, -0.15) is 0 Å². The molecule has 0 aliphatic heterocycles. The fourth-order valence-corrected chi connectivity index (χ4v) is 2.47. The predicted molar refractivity (Wildman–Crippen MR) is 85.8 cm³/mol. The van der Waals surface area contributed by atoms with Crippen molar-refractivity contribution in [2.75, 3.05) is 0 Å². The number of nitrogens with one attached hydrogen (secondary N) is 1. The van der Waals surface area contributed by atoms with E-state index in [2.05, 4.69) is 55.0 Å². The van der Waals surface area contributed by atoms with Gasteiger partial charge in [-0.05, 0) is 56.5 Å². The third-order valence-corrected chi connectivity index (χ3v) is 3.77. The molecule has 0 saturated carbocycles. The minimum atomic E-state index is -0.114. The maximum atomic E-state index is 6.09. The summed E-state index contributed by atoms with van der Waals surface area (Å²) in [5, 5.41) is 0. The lowest BCUT2D eigenvalue weighted by Gasteiger charge is -2.15. The van der Waals surface area contributed by atoms with Crippen molar-refractivity contribution >= 4 is 11.0 Å². The molecule has 0 unspecified atom stereocenters. The number of hydrogen-bond donors (Lipinski definition) is 1. The maximum Gasteiger partial charge on any atom is 0.153 e. The molecule has 1 heterocycles. The second-order valence-corrected chi connectivity index (χ2v) is 5.62. The molecule has 0 aliphatic rings. The number of benzene rings is 2. The quantitative estimate of drug-likeness (QED) is 0.759. The van der Waals surface area contributed by atoms with Crippen molar-refractivity contribution < 1.29 is 4.74 Å². The van der Waals surface area contributed by atoms with Crippen LogP contribution < -0.4 is 4.74 Å². The number of aromatic amines is 1. The Balaban J connectivity index is 1.91. The second-order valence-electron chi connectivity index (χ2n) is 5.62. The van der Waals surface area contributed by atoms with Crippen molar-refractivity contribution in [3.8, 4) is 5.75 Å². The van der Waals surface area contributed by atoms with Crippen LogP contribution >= 0.6 is 0 Å². The van der Waals surface area contributed by atoms with Crippen molar-refractivity contribution in [1.29, 1.82) is 0 Å². The zero-order valence-electron chi connectivity index (χ0n) is 12.9. The van der Waals surface area contributed by atoms with E-state index >= 15 is 0 Å². The van der Waals surface area contributed by atoms with Crippen LogP contribution in [0.5, 0.6) is 5.75 Å². The van der Waals surface area contributed by atoms with Crippen LogP contribution in [0.3, 0.4) is 0 Å². The van der Waals surface area contributed by atoms with Crippen LogP contribution in [0.2, 0.25) is 0 Å². The average Bonchev–Trinajstić information content (AvgIpc) is 2.88. The first-order chi connectivity index (χ1) is 10.0. The maximum absolute atomic E-state index is 6.09. The van der Waals surface area contributed by atoms with Gasteiger partial charge in [0.2, 0.25) is 0 Å². The van der Waals surface area contributed by atoms with Gasteiger partial charge < -0.3 is 9.72 Å². The van der Waals surface area contributed by atoms with Crippen LogP contribution in [0.4, 0.5) is 0 Å². The molecule has 0 fully saturated rings. The normalized spacial score (nSPS) is 12.6. The van der Waals surface area contributed by atoms with E-state index in [1.165, 1.54) is 11.1 Å². The number of fused-ring (bicyclic) bond motifs is 1. The molecule has 3 nitrogen and oxygen atoms in total. The predicted octanol–water partition coefficient (Wildman–Crippen LogP) is 4.63. The van der Waals surface area contributed by atoms with Gasteiger partial charge in [-0.15, -0.1) is 0 Å². The molecule has 0 radical (unpaired) electrons. The van der Waals surface area contributed by atoms with Crippen LogP contribution in [-0.4, -0.2) is 9.97 Å². The van der Waals surface area contributed by atoms with E-state index in [4.69, 9.17) is 4.74 Å². The Morgan fingerprint density at radius 2 is 1.86 bits per heavy atom. The van der Waals surface area contributed by atoms with E-state index in [0.717, 1.165) is 28.2 Å². The number of H-pyrrole nitrogens is 1. The Kier molecular flexibility index (Phi) is 3.42. The lowest BCUT2D eigenvalue weighted by atomic mass is 10.1. The number of hydrogen-bond acceptors (Lipinski definition) is 2. The summed E-state index contributed by atoms with van der Waals surface area (Å²) in [5.41, 5.74) is 5.59. The molecule has 0 saturated heterocycles. The van der Waals surface area contributed by atoms with E-state index in [1.807, 2.05) is 19.1 Å². The van der Waals surface area contributed by atoms with Crippen molar-refractivity contribution in [2.45, 2.75) is 33.8 Å². The summed E-state index contributed by atoms with van der Waals surface area (Å²) in [5.74, 6) is 1.78. The molecule has 1 N–H and O–H groups in total.